The van der Waals surface area contributed by atoms with Crippen molar-refractivity contribution in [3.8, 4) is 0 Å². The lowest BCUT2D eigenvalue weighted by atomic mass is 10.1. The minimum atomic E-state index is 0.0930. The molecule has 1 aromatic carbocycles. The van der Waals surface area contributed by atoms with Gasteiger partial charge in [-0.25, -0.2) is 0 Å². The van der Waals surface area contributed by atoms with E-state index in [1.54, 1.807) is 24.3 Å². The molecule has 0 aliphatic carbocycles. The summed E-state index contributed by atoms with van der Waals surface area (Å²) in [6.45, 7) is 2.57. The number of aromatic nitrogens is 1. The molecule has 0 N–H and O–H groups in total. The number of carbonyl (C=O) groups is 1. The van der Waals surface area contributed by atoms with E-state index in [0.29, 0.717) is 17.1 Å². The Morgan fingerprint density at radius 1 is 1.05 bits per heavy atom. The molecule has 2 nitrogen and oxygen atoms in total. The van der Waals surface area contributed by atoms with E-state index in [0.717, 1.165) is 6.42 Å². The van der Waals surface area contributed by atoms with Crippen molar-refractivity contribution in [2.24, 2.45) is 0 Å². The van der Waals surface area contributed by atoms with Crippen LogP contribution in [0.2, 0.25) is 5.02 Å². The largest absolute Gasteiger partial charge is 0.287 e. The summed E-state index contributed by atoms with van der Waals surface area (Å²) in [4.78, 5) is 12.2. The smallest absolute Gasteiger partial charge is 0.227 e. The lowest BCUT2D eigenvalue weighted by molar-refractivity contribution is -0.683. The van der Waals surface area contributed by atoms with E-state index in [1.165, 1.54) is 24.8 Å². The molecule has 0 aliphatic heterocycles. The molecular formula is C18H21ClNO+. The van der Waals surface area contributed by atoms with Crippen molar-refractivity contribution >= 4 is 17.4 Å². The van der Waals surface area contributed by atoms with Gasteiger partial charge in [0.25, 0.3) is 0 Å². The SMILES string of the molecule is CCCCCc1cc[n+](CC(=O)c2ccc(Cl)cc2)cc1. The van der Waals surface area contributed by atoms with Gasteiger partial charge in [-0.15, -0.1) is 0 Å². The number of hydrogen-bond acceptors (Lipinski definition) is 1. The molecule has 0 aliphatic rings. The topological polar surface area (TPSA) is 20.9 Å². The van der Waals surface area contributed by atoms with E-state index in [4.69, 9.17) is 11.6 Å². The van der Waals surface area contributed by atoms with E-state index in [2.05, 4.69) is 19.1 Å². The van der Waals surface area contributed by atoms with Crippen molar-refractivity contribution in [1.29, 1.82) is 0 Å². The van der Waals surface area contributed by atoms with E-state index >= 15 is 0 Å². The van der Waals surface area contributed by atoms with Gasteiger partial charge in [-0.2, -0.15) is 4.57 Å². The first-order valence-electron chi connectivity index (χ1n) is 7.46. The first-order chi connectivity index (χ1) is 10.2. The number of ketones is 1. The number of unbranched alkanes of at least 4 members (excludes halogenated alkanes) is 2. The Morgan fingerprint density at radius 2 is 1.71 bits per heavy atom. The molecule has 1 heterocycles. The molecule has 0 fully saturated rings. The standard InChI is InChI=1S/C18H21ClNO/c1-2-3-4-5-15-10-12-20(13-11-15)14-18(21)16-6-8-17(19)9-7-16/h6-13H,2-5,14H2,1H3/q+1. The van der Waals surface area contributed by atoms with Crippen molar-refractivity contribution in [2.45, 2.75) is 39.2 Å². The number of pyridine rings is 1. The Balaban J connectivity index is 1.93. The van der Waals surface area contributed by atoms with Gasteiger partial charge in [-0.3, -0.25) is 4.79 Å². The average molecular weight is 303 g/mol. The Kier molecular flexibility index (Phi) is 5.94. The Labute approximate surface area is 131 Å². The number of aryl methyl sites for hydroxylation is 1. The van der Waals surface area contributed by atoms with Gasteiger partial charge in [0.2, 0.25) is 12.3 Å². The summed E-state index contributed by atoms with van der Waals surface area (Å²) < 4.78 is 1.92. The van der Waals surface area contributed by atoms with Gasteiger partial charge in [-0.05, 0) is 42.7 Å². The highest BCUT2D eigenvalue weighted by Crippen LogP contribution is 2.10. The van der Waals surface area contributed by atoms with E-state index in [-0.39, 0.29) is 5.78 Å². The Hall–Kier alpha value is -1.67. The van der Waals surface area contributed by atoms with E-state index in [1.807, 2.05) is 17.0 Å². The Bertz CT molecular complexity index is 575. The summed E-state index contributed by atoms with van der Waals surface area (Å²) in [6, 6.07) is 11.2. The predicted octanol–water partition coefficient (Wildman–Crippen LogP) is 4.24. The van der Waals surface area contributed by atoms with Crippen LogP contribution in [0.1, 0.15) is 42.1 Å². The average Bonchev–Trinajstić information content (AvgIpc) is 2.50. The molecule has 2 rings (SSSR count). The Morgan fingerprint density at radius 3 is 2.33 bits per heavy atom. The number of rotatable bonds is 7. The van der Waals surface area contributed by atoms with Crippen molar-refractivity contribution < 1.29 is 9.36 Å². The molecular weight excluding hydrogens is 282 g/mol. The summed E-state index contributed by atoms with van der Waals surface area (Å²) in [6.07, 6.45) is 8.81. The van der Waals surface area contributed by atoms with Crippen LogP contribution in [0.3, 0.4) is 0 Å². The fourth-order valence-corrected chi connectivity index (χ4v) is 2.36. The first kappa shape index (κ1) is 15.7. The molecule has 0 saturated heterocycles. The van der Waals surface area contributed by atoms with Crippen LogP contribution in [0.25, 0.3) is 0 Å². The summed E-state index contributed by atoms with van der Waals surface area (Å²) in [5.41, 5.74) is 2.03. The molecule has 0 unspecified atom stereocenters. The zero-order chi connectivity index (χ0) is 15.1. The second kappa shape index (κ2) is 7.94. The van der Waals surface area contributed by atoms with E-state index < -0.39 is 0 Å². The lowest BCUT2D eigenvalue weighted by Gasteiger charge is -2.01. The van der Waals surface area contributed by atoms with Crippen LogP contribution in [-0.2, 0) is 13.0 Å². The fourth-order valence-electron chi connectivity index (χ4n) is 2.23. The van der Waals surface area contributed by atoms with Crippen LogP contribution in [-0.4, -0.2) is 5.78 Å². The molecule has 21 heavy (non-hydrogen) atoms. The number of Topliss-reactive ketones (excluding diaryl/α,β-unsaturated/α-hetero) is 1. The lowest BCUT2D eigenvalue weighted by Crippen LogP contribution is -2.37. The zero-order valence-corrected chi connectivity index (χ0v) is 13.1. The third kappa shape index (κ3) is 4.98. The third-order valence-corrected chi connectivity index (χ3v) is 3.77. The summed E-state index contributed by atoms with van der Waals surface area (Å²) >= 11 is 5.83. The maximum Gasteiger partial charge on any atom is 0.227 e. The molecule has 110 valence electrons. The van der Waals surface area contributed by atoms with Crippen molar-refractivity contribution in [2.75, 3.05) is 0 Å². The highest BCUT2D eigenvalue weighted by Gasteiger charge is 2.11. The zero-order valence-electron chi connectivity index (χ0n) is 12.4. The van der Waals surface area contributed by atoms with Gasteiger partial charge >= 0.3 is 0 Å². The molecule has 0 saturated carbocycles. The summed E-state index contributed by atoms with van der Waals surface area (Å²) in [5, 5.41) is 0.649. The monoisotopic (exact) mass is 302 g/mol. The predicted molar refractivity (Wildman–Crippen MR) is 85.6 cm³/mol. The van der Waals surface area contributed by atoms with Gasteiger partial charge in [0.1, 0.15) is 0 Å². The maximum absolute atomic E-state index is 12.2. The molecule has 2 aromatic rings. The summed E-state index contributed by atoms with van der Waals surface area (Å²) in [5.74, 6) is 0.0930. The van der Waals surface area contributed by atoms with Crippen LogP contribution in [0.15, 0.2) is 48.8 Å². The highest BCUT2D eigenvalue weighted by atomic mass is 35.5. The maximum atomic E-state index is 12.2. The quantitative estimate of drug-likeness (QED) is 0.426. The first-order valence-corrected chi connectivity index (χ1v) is 7.83. The fraction of sp³-hybridized carbons (Fsp3) is 0.333. The van der Waals surface area contributed by atoms with Gasteiger partial charge in [-0.1, -0.05) is 31.4 Å². The van der Waals surface area contributed by atoms with Crippen LogP contribution < -0.4 is 4.57 Å². The second-order valence-electron chi connectivity index (χ2n) is 5.27. The van der Waals surface area contributed by atoms with E-state index in [9.17, 15) is 4.79 Å². The number of benzene rings is 1. The van der Waals surface area contributed by atoms with Crippen LogP contribution >= 0.6 is 11.6 Å². The third-order valence-electron chi connectivity index (χ3n) is 3.52. The van der Waals surface area contributed by atoms with Gasteiger partial charge in [0.15, 0.2) is 12.4 Å². The second-order valence-corrected chi connectivity index (χ2v) is 5.70. The number of hydrogen-bond donors (Lipinski definition) is 0. The summed E-state index contributed by atoms with van der Waals surface area (Å²) in [7, 11) is 0. The molecule has 0 amide bonds. The molecule has 3 heteroatoms. The van der Waals surface area contributed by atoms with Crippen molar-refractivity contribution in [3.63, 3.8) is 0 Å². The highest BCUT2D eigenvalue weighted by molar-refractivity contribution is 6.30. The molecule has 0 radical (unpaired) electrons. The van der Waals surface area contributed by atoms with Crippen LogP contribution in [0.4, 0.5) is 0 Å². The molecule has 0 spiro atoms. The minimum absolute atomic E-state index is 0.0930. The number of carbonyl (C=O) groups excluding carboxylic acids is 1. The van der Waals surface area contributed by atoms with Gasteiger partial charge < -0.3 is 0 Å². The van der Waals surface area contributed by atoms with Gasteiger partial charge in [0.05, 0.1) is 0 Å². The normalized spacial score (nSPS) is 10.6. The van der Waals surface area contributed by atoms with Crippen molar-refractivity contribution in [3.05, 3.63) is 64.9 Å². The molecule has 0 bridgehead atoms. The van der Waals surface area contributed by atoms with Crippen LogP contribution in [0.5, 0.6) is 0 Å². The number of nitrogens with zero attached hydrogens (tertiary/aromatic N) is 1. The van der Waals surface area contributed by atoms with Crippen molar-refractivity contribution in [1.82, 2.24) is 0 Å². The minimum Gasteiger partial charge on any atom is -0.287 e. The molecule has 1 aromatic heterocycles. The number of halogens is 1. The van der Waals surface area contributed by atoms with Crippen LogP contribution in [0, 0.1) is 0 Å². The van der Waals surface area contributed by atoms with Gasteiger partial charge in [0, 0.05) is 22.7 Å². The molecule has 0 atom stereocenters.